The normalized spacial score (nSPS) is 27.3. The zero-order valence-corrected chi connectivity index (χ0v) is 13.2. The van der Waals surface area contributed by atoms with Crippen molar-refractivity contribution >= 4 is 0 Å². The van der Waals surface area contributed by atoms with Gasteiger partial charge in [0.1, 0.15) is 0 Å². The molecule has 0 aromatic carbocycles. The van der Waals surface area contributed by atoms with Gasteiger partial charge in [0.25, 0.3) is 0 Å². The van der Waals surface area contributed by atoms with Gasteiger partial charge in [0.2, 0.25) is 5.89 Å². The van der Waals surface area contributed by atoms with Crippen LogP contribution in [0.25, 0.3) is 0 Å². The monoisotopic (exact) mass is 293 g/mol. The van der Waals surface area contributed by atoms with Crippen molar-refractivity contribution in [1.82, 2.24) is 19.9 Å². The maximum absolute atomic E-state index is 6.38. The Morgan fingerprint density at radius 3 is 2.81 bits per heavy atom. The summed E-state index contributed by atoms with van der Waals surface area (Å²) < 4.78 is 5.42. The minimum atomic E-state index is -0.119. The average Bonchev–Trinajstić information content (AvgIpc) is 3.04. The van der Waals surface area contributed by atoms with Crippen LogP contribution in [0.15, 0.2) is 4.52 Å². The molecule has 1 saturated heterocycles. The fraction of sp³-hybridized carbons (Fsp3) is 0.867. The quantitative estimate of drug-likeness (QED) is 0.880. The number of aromatic nitrogens is 2. The zero-order valence-electron chi connectivity index (χ0n) is 13.2. The van der Waals surface area contributed by atoms with E-state index in [9.17, 15) is 0 Å². The number of likely N-dealkylation sites (N-methyl/N-ethyl adjacent to an activating group) is 2. The first-order valence-electron chi connectivity index (χ1n) is 8.03. The first-order valence-corrected chi connectivity index (χ1v) is 8.03. The first-order chi connectivity index (χ1) is 10.0. The molecule has 2 heterocycles. The summed E-state index contributed by atoms with van der Waals surface area (Å²) in [6.07, 6.45) is 6.15. The molecule has 1 aromatic rings. The molecule has 0 amide bonds. The third-order valence-corrected chi connectivity index (χ3v) is 5.01. The fourth-order valence-corrected chi connectivity index (χ4v) is 3.53. The van der Waals surface area contributed by atoms with E-state index < -0.39 is 0 Å². The SMILES string of the molecule is CN1CCN(C)C(Cc2noc(CC3(N)CCCC3)n2)C1. The van der Waals surface area contributed by atoms with E-state index in [1.807, 2.05) is 0 Å². The van der Waals surface area contributed by atoms with Gasteiger partial charge in [0.15, 0.2) is 5.82 Å². The Balaban J connectivity index is 1.59. The van der Waals surface area contributed by atoms with Crippen LogP contribution in [0.1, 0.15) is 37.4 Å². The smallest absolute Gasteiger partial charge is 0.228 e. The minimum absolute atomic E-state index is 0.119. The molecule has 118 valence electrons. The highest BCUT2D eigenvalue weighted by molar-refractivity contribution is 5.00. The number of piperazine rings is 1. The van der Waals surface area contributed by atoms with E-state index in [4.69, 9.17) is 10.3 Å². The van der Waals surface area contributed by atoms with Gasteiger partial charge < -0.3 is 20.1 Å². The summed E-state index contributed by atoms with van der Waals surface area (Å²) in [7, 11) is 4.34. The third kappa shape index (κ3) is 3.62. The Bertz CT molecular complexity index is 468. The summed E-state index contributed by atoms with van der Waals surface area (Å²) in [6.45, 7) is 3.28. The van der Waals surface area contributed by atoms with Crippen molar-refractivity contribution in [2.45, 2.75) is 50.1 Å². The lowest BCUT2D eigenvalue weighted by molar-refractivity contribution is 0.113. The molecule has 6 heteroatoms. The Labute approximate surface area is 126 Å². The largest absolute Gasteiger partial charge is 0.339 e. The Morgan fingerprint density at radius 2 is 2.05 bits per heavy atom. The first kappa shape index (κ1) is 14.9. The summed E-state index contributed by atoms with van der Waals surface area (Å²) in [5, 5.41) is 4.16. The summed E-state index contributed by atoms with van der Waals surface area (Å²) in [6, 6.07) is 0.465. The van der Waals surface area contributed by atoms with Gasteiger partial charge in [-0.2, -0.15) is 4.98 Å². The standard InChI is InChI=1S/C15H27N5O/c1-19-7-8-20(2)12(11-19)9-13-17-14(21-18-13)10-15(16)5-3-4-6-15/h12H,3-11,16H2,1-2H3. The molecule has 1 saturated carbocycles. The van der Waals surface area contributed by atoms with Gasteiger partial charge in [0.05, 0.1) is 0 Å². The molecular weight excluding hydrogens is 266 g/mol. The Kier molecular flexibility index (Phi) is 4.28. The number of nitrogens with two attached hydrogens (primary N) is 1. The summed E-state index contributed by atoms with van der Waals surface area (Å²) in [5.74, 6) is 1.53. The Hall–Kier alpha value is -0.980. The summed E-state index contributed by atoms with van der Waals surface area (Å²) in [4.78, 5) is 9.32. The lowest BCUT2D eigenvalue weighted by atomic mass is 9.95. The predicted molar refractivity (Wildman–Crippen MR) is 81.0 cm³/mol. The van der Waals surface area contributed by atoms with Crippen LogP contribution in [-0.4, -0.2) is 65.3 Å². The van der Waals surface area contributed by atoms with Gasteiger partial charge in [-0.25, -0.2) is 0 Å². The Morgan fingerprint density at radius 1 is 1.29 bits per heavy atom. The van der Waals surface area contributed by atoms with Gasteiger partial charge in [-0.3, -0.25) is 0 Å². The van der Waals surface area contributed by atoms with Crippen LogP contribution in [-0.2, 0) is 12.8 Å². The number of hydrogen-bond acceptors (Lipinski definition) is 6. The molecule has 3 rings (SSSR count). The van der Waals surface area contributed by atoms with Crippen LogP contribution in [0, 0.1) is 0 Å². The molecule has 2 N–H and O–H groups in total. The van der Waals surface area contributed by atoms with Crippen molar-refractivity contribution in [3.8, 4) is 0 Å². The maximum Gasteiger partial charge on any atom is 0.228 e. The van der Waals surface area contributed by atoms with Gasteiger partial charge in [-0.1, -0.05) is 18.0 Å². The van der Waals surface area contributed by atoms with E-state index in [-0.39, 0.29) is 5.54 Å². The number of hydrogen-bond donors (Lipinski definition) is 1. The average molecular weight is 293 g/mol. The second kappa shape index (κ2) is 6.02. The van der Waals surface area contributed by atoms with Gasteiger partial charge >= 0.3 is 0 Å². The summed E-state index contributed by atoms with van der Waals surface area (Å²) in [5.41, 5.74) is 6.26. The van der Waals surface area contributed by atoms with Crippen LogP contribution in [0.3, 0.4) is 0 Å². The van der Waals surface area contributed by atoms with Crippen molar-refractivity contribution < 1.29 is 4.52 Å². The third-order valence-electron chi connectivity index (χ3n) is 5.01. The van der Waals surface area contributed by atoms with E-state index in [1.165, 1.54) is 12.8 Å². The minimum Gasteiger partial charge on any atom is -0.339 e. The van der Waals surface area contributed by atoms with Crippen LogP contribution in [0.2, 0.25) is 0 Å². The van der Waals surface area contributed by atoms with E-state index in [0.29, 0.717) is 11.9 Å². The van der Waals surface area contributed by atoms with Crippen molar-refractivity contribution in [3.63, 3.8) is 0 Å². The lowest BCUT2D eigenvalue weighted by Crippen LogP contribution is -2.50. The van der Waals surface area contributed by atoms with Crippen molar-refractivity contribution in [2.24, 2.45) is 5.73 Å². The summed E-state index contributed by atoms with van der Waals surface area (Å²) >= 11 is 0. The zero-order chi connectivity index (χ0) is 14.9. The second-order valence-corrected chi connectivity index (χ2v) is 6.95. The molecule has 1 aromatic heterocycles. The van der Waals surface area contributed by atoms with Gasteiger partial charge in [-0.15, -0.1) is 0 Å². The number of rotatable bonds is 4. The molecule has 2 fully saturated rings. The van der Waals surface area contributed by atoms with E-state index in [1.54, 1.807) is 0 Å². The molecular formula is C15H27N5O. The second-order valence-electron chi connectivity index (χ2n) is 6.95. The molecule has 0 radical (unpaired) electrons. The molecule has 21 heavy (non-hydrogen) atoms. The highest BCUT2D eigenvalue weighted by Crippen LogP contribution is 2.30. The van der Waals surface area contributed by atoms with Crippen molar-refractivity contribution in [3.05, 3.63) is 11.7 Å². The van der Waals surface area contributed by atoms with Gasteiger partial charge in [0, 0.05) is 44.1 Å². The van der Waals surface area contributed by atoms with Crippen LogP contribution >= 0.6 is 0 Å². The van der Waals surface area contributed by atoms with Gasteiger partial charge in [-0.05, 0) is 26.9 Å². The molecule has 2 aliphatic rings. The van der Waals surface area contributed by atoms with Crippen LogP contribution in [0.5, 0.6) is 0 Å². The predicted octanol–water partition coefficient (Wildman–Crippen LogP) is 0.672. The van der Waals surface area contributed by atoms with E-state index in [0.717, 1.165) is 51.1 Å². The maximum atomic E-state index is 6.38. The molecule has 6 nitrogen and oxygen atoms in total. The van der Waals surface area contributed by atoms with Crippen molar-refractivity contribution in [2.75, 3.05) is 33.7 Å². The number of nitrogens with zero attached hydrogens (tertiary/aromatic N) is 4. The van der Waals surface area contributed by atoms with E-state index >= 15 is 0 Å². The molecule has 1 unspecified atom stereocenters. The molecule has 1 atom stereocenters. The van der Waals surface area contributed by atoms with Crippen LogP contribution in [0.4, 0.5) is 0 Å². The highest BCUT2D eigenvalue weighted by atomic mass is 16.5. The molecule has 1 aliphatic heterocycles. The molecule has 1 aliphatic carbocycles. The molecule has 0 bridgehead atoms. The topological polar surface area (TPSA) is 71.4 Å². The van der Waals surface area contributed by atoms with Crippen LogP contribution < -0.4 is 5.73 Å². The lowest BCUT2D eigenvalue weighted by Gasteiger charge is -2.37. The van der Waals surface area contributed by atoms with Crippen molar-refractivity contribution in [1.29, 1.82) is 0 Å². The van der Waals surface area contributed by atoms with E-state index in [2.05, 4.69) is 34.0 Å². The fourth-order valence-electron chi connectivity index (χ4n) is 3.53. The molecule has 0 spiro atoms. The highest BCUT2D eigenvalue weighted by Gasteiger charge is 2.32.